The maximum atomic E-state index is 3.84. The van der Waals surface area contributed by atoms with Crippen LogP contribution in [0.15, 0.2) is 78.9 Å². The number of hydrogen-bond acceptors (Lipinski definition) is 0. The predicted molar refractivity (Wildman–Crippen MR) is 163 cm³/mol. The molecule has 0 N–H and O–H groups in total. The molecule has 0 nitrogen and oxygen atoms in total. The van der Waals surface area contributed by atoms with E-state index in [2.05, 4.69) is 99.7 Å². The molecule has 214 valence electrons. The van der Waals surface area contributed by atoms with Crippen molar-refractivity contribution >= 4 is 3.81 Å². The van der Waals surface area contributed by atoms with Gasteiger partial charge in [-0.05, 0) is 55.1 Å². The number of rotatable bonds is 3. The van der Waals surface area contributed by atoms with Crippen molar-refractivity contribution in [3.8, 4) is 11.1 Å². The van der Waals surface area contributed by atoms with Gasteiger partial charge in [0, 0.05) is 0 Å². The molecule has 41 heavy (non-hydrogen) atoms. The van der Waals surface area contributed by atoms with Crippen LogP contribution in [-0.2, 0) is 26.4 Å². The van der Waals surface area contributed by atoms with E-state index in [1.807, 2.05) is 18.2 Å². The molecule has 2 fully saturated rings. The molecule has 0 saturated heterocycles. The molecule has 4 aliphatic rings. The van der Waals surface area contributed by atoms with E-state index >= 15 is 0 Å². The molecule has 0 atom stereocenters. The summed E-state index contributed by atoms with van der Waals surface area (Å²) in [6.07, 6.45) is 25.1. The Hall–Kier alpha value is -1.70. The van der Waals surface area contributed by atoms with Crippen molar-refractivity contribution in [1.82, 2.24) is 0 Å². The Morgan fingerprint density at radius 1 is 0.756 bits per heavy atom. The molecule has 3 aromatic carbocycles. The van der Waals surface area contributed by atoms with E-state index in [4.69, 9.17) is 0 Å². The first-order valence-corrected chi connectivity index (χ1v) is 16.0. The Labute approximate surface area is 272 Å². The molecule has 4 aliphatic carbocycles. The van der Waals surface area contributed by atoms with Gasteiger partial charge in [-0.25, -0.2) is 12.2 Å². The van der Waals surface area contributed by atoms with Crippen LogP contribution in [0.3, 0.4) is 0 Å². The van der Waals surface area contributed by atoms with Crippen molar-refractivity contribution in [2.45, 2.75) is 95.8 Å². The van der Waals surface area contributed by atoms with Gasteiger partial charge in [-0.1, -0.05) is 62.3 Å². The van der Waals surface area contributed by atoms with Gasteiger partial charge in [-0.3, -0.25) is 6.08 Å². The molecule has 3 aromatic rings. The molecular formula is C38H42Cl2Ti-2. The van der Waals surface area contributed by atoms with Gasteiger partial charge >= 0.3 is 66.6 Å². The van der Waals surface area contributed by atoms with Crippen LogP contribution >= 0.6 is 0 Å². The topological polar surface area (TPSA) is 0 Å². The number of hydrogen-bond donors (Lipinski definition) is 0. The Kier molecular flexibility index (Phi) is 14.4. The van der Waals surface area contributed by atoms with Crippen molar-refractivity contribution in [3.63, 3.8) is 0 Å². The van der Waals surface area contributed by atoms with Crippen LogP contribution in [0.1, 0.15) is 117 Å². The average molecular weight is 618 g/mol. The van der Waals surface area contributed by atoms with E-state index in [9.17, 15) is 0 Å². The first kappa shape index (κ1) is 33.8. The number of fused-ring (bicyclic) bond motifs is 3. The molecule has 3 heteroatoms. The van der Waals surface area contributed by atoms with Crippen molar-refractivity contribution in [1.29, 1.82) is 0 Å². The van der Waals surface area contributed by atoms with Crippen molar-refractivity contribution < 1.29 is 44.8 Å². The third-order valence-corrected chi connectivity index (χ3v) is 9.20. The number of halogens is 2. The third kappa shape index (κ3) is 9.40. The Bertz CT molecular complexity index is 1220. The fourth-order valence-electron chi connectivity index (χ4n) is 6.53. The van der Waals surface area contributed by atoms with Gasteiger partial charge in [0.1, 0.15) is 0 Å². The molecule has 0 radical (unpaired) electrons. The van der Waals surface area contributed by atoms with Crippen molar-refractivity contribution in [2.24, 2.45) is 0 Å². The summed E-state index contributed by atoms with van der Waals surface area (Å²) in [5.41, 5.74) is 10.3. The summed E-state index contributed by atoms with van der Waals surface area (Å²) in [6.45, 7) is 2.12. The maximum absolute atomic E-state index is 3.84. The SMILES string of the molecule is C[C](=[Ti+2])c1ccccc1.[C-]1=CC=CC1.[Cl-].[Cl-].[c-]1c(C2CCCCC2)ccc2c1Cc1cc(C3CCCCC3)ccc1-2. The molecule has 0 spiro atoms. The van der Waals surface area contributed by atoms with Crippen molar-refractivity contribution in [2.75, 3.05) is 0 Å². The van der Waals surface area contributed by atoms with E-state index in [1.165, 1.54) is 95.8 Å². The van der Waals surface area contributed by atoms with Gasteiger partial charge < -0.3 is 24.8 Å². The number of benzene rings is 3. The quantitative estimate of drug-likeness (QED) is 0.239. The number of allylic oxidation sites excluding steroid dienone is 4. The summed E-state index contributed by atoms with van der Waals surface area (Å²) < 4.78 is 1.37. The largest absolute Gasteiger partial charge is 1.00 e. The zero-order valence-electron chi connectivity index (χ0n) is 24.4. The van der Waals surface area contributed by atoms with Crippen LogP contribution in [0.25, 0.3) is 11.1 Å². The summed E-state index contributed by atoms with van der Waals surface area (Å²) in [6, 6.07) is 26.3. The fourth-order valence-corrected chi connectivity index (χ4v) is 6.79. The molecule has 0 unspecified atom stereocenters. The van der Waals surface area contributed by atoms with Crippen LogP contribution in [0.5, 0.6) is 0 Å². The van der Waals surface area contributed by atoms with Gasteiger partial charge in [0.2, 0.25) is 0 Å². The zero-order chi connectivity index (χ0) is 26.9. The van der Waals surface area contributed by atoms with E-state index < -0.39 is 0 Å². The first-order chi connectivity index (χ1) is 19.2. The standard InChI is InChI=1S/C25H29.C8H8.C5H5.2ClH.Ti/c1-3-7-18(8-4-1)20-11-13-24-22(15-20)17-23-16-21(12-14-25(23)24)19-9-5-2-6-10-19;1-2-8-6-4-3-5-7-8;1-2-4-5-3-1;;;/h11-15,18-19H,1-10,17H2;3-7H,1H3;1-3H,4H2;2*1H;/q-1;;-1;;;+2/p-2. The fraction of sp³-hybridized carbons (Fsp3) is 0.395. The van der Waals surface area contributed by atoms with E-state index in [0.717, 1.165) is 24.7 Å². The van der Waals surface area contributed by atoms with Gasteiger partial charge in [-0.2, -0.15) is 29.8 Å². The summed E-state index contributed by atoms with van der Waals surface area (Å²) in [7, 11) is 0. The third-order valence-electron chi connectivity index (χ3n) is 8.75. The smallest absolute Gasteiger partial charge is 0.0162 e. The van der Waals surface area contributed by atoms with E-state index in [0.29, 0.717) is 0 Å². The maximum Gasteiger partial charge on any atom is -0.0162 e. The second kappa shape index (κ2) is 17.4. The minimum Gasteiger partial charge on any atom is -1.00 e. The van der Waals surface area contributed by atoms with Crippen LogP contribution in [0.4, 0.5) is 0 Å². The van der Waals surface area contributed by atoms with Crippen LogP contribution < -0.4 is 24.8 Å². The van der Waals surface area contributed by atoms with Crippen LogP contribution in [-0.4, -0.2) is 3.81 Å². The van der Waals surface area contributed by atoms with Gasteiger partial charge in [-0.15, -0.1) is 17.5 Å². The molecule has 2 saturated carbocycles. The monoisotopic (exact) mass is 616 g/mol. The summed E-state index contributed by atoms with van der Waals surface area (Å²) in [4.78, 5) is 0. The van der Waals surface area contributed by atoms with Crippen molar-refractivity contribution in [3.05, 3.63) is 119 Å². The van der Waals surface area contributed by atoms with Crippen LogP contribution in [0.2, 0.25) is 0 Å². The zero-order valence-corrected chi connectivity index (χ0v) is 27.5. The molecule has 0 aliphatic heterocycles. The van der Waals surface area contributed by atoms with Crippen LogP contribution in [0, 0.1) is 12.1 Å². The summed E-state index contributed by atoms with van der Waals surface area (Å²) in [5, 5.41) is 0. The second-order valence-corrected chi connectivity index (χ2v) is 12.7. The first-order valence-electron chi connectivity index (χ1n) is 15.2. The second-order valence-electron chi connectivity index (χ2n) is 11.6. The molecule has 7 rings (SSSR count). The van der Waals surface area contributed by atoms with Gasteiger partial charge in [0.25, 0.3) is 0 Å². The Morgan fingerprint density at radius 2 is 1.41 bits per heavy atom. The Morgan fingerprint density at radius 3 is 1.98 bits per heavy atom. The van der Waals surface area contributed by atoms with E-state index in [1.54, 1.807) is 11.1 Å². The van der Waals surface area contributed by atoms with E-state index in [-0.39, 0.29) is 24.8 Å². The Balaban J connectivity index is 0.000000240. The molecule has 0 bridgehead atoms. The molecule has 0 aromatic heterocycles. The minimum absolute atomic E-state index is 0. The summed E-state index contributed by atoms with van der Waals surface area (Å²) >= 11 is 2.12. The minimum atomic E-state index is 0. The average Bonchev–Trinajstić information content (AvgIpc) is 3.70. The molecule has 0 amide bonds. The molecule has 0 heterocycles. The summed E-state index contributed by atoms with van der Waals surface area (Å²) in [5.74, 6) is 1.57. The molecular weight excluding hydrogens is 575 g/mol. The van der Waals surface area contributed by atoms with Gasteiger partial charge in [0.15, 0.2) is 0 Å². The normalized spacial score (nSPS) is 17.0. The van der Waals surface area contributed by atoms with Gasteiger partial charge in [0.05, 0.1) is 0 Å². The predicted octanol–water partition coefficient (Wildman–Crippen LogP) is 4.24.